The smallest absolute Gasteiger partial charge is 0.322 e. The second kappa shape index (κ2) is 6.47. The fraction of sp³-hybridized carbons (Fsp3) is 0.385. The Balaban J connectivity index is 2.16. The van der Waals surface area contributed by atoms with Crippen LogP contribution in [-0.4, -0.2) is 33.1 Å². The van der Waals surface area contributed by atoms with Crippen molar-refractivity contribution in [2.24, 2.45) is 0 Å². The number of rotatable bonds is 5. The third-order valence-corrected chi connectivity index (χ3v) is 2.57. The summed E-state index contributed by atoms with van der Waals surface area (Å²) >= 11 is 5.90. The summed E-state index contributed by atoms with van der Waals surface area (Å²) in [5, 5.41) is 0.115. The van der Waals surface area contributed by atoms with Gasteiger partial charge in [-0.1, -0.05) is 6.07 Å². The topological polar surface area (TPSA) is 64.0 Å². The quantitative estimate of drug-likeness (QED) is 0.843. The molecule has 0 unspecified atom stereocenters. The van der Waals surface area contributed by atoms with Gasteiger partial charge in [0, 0.05) is 26.0 Å². The Bertz CT molecular complexity index is 564. The SMILES string of the molecule is CC(C)Oc1nc(Cl)nc(N(C)Cc2cccnc2)n1. The Morgan fingerprint density at radius 2 is 2.10 bits per heavy atom. The first kappa shape index (κ1) is 14.5. The van der Waals surface area contributed by atoms with Gasteiger partial charge in [0.05, 0.1) is 6.10 Å². The van der Waals surface area contributed by atoms with Crippen LogP contribution < -0.4 is 9.64 Å². The molecule has 2 aromatic heterocycles. The van der Waals surface area contributed by atoms with E-state index in [0.717, 1.165) is 5.56 Å². The van der Waals surface area contributed by atoms with Crippen LogP contribution >= 0.6 is 11.6 Å². The molecule has 0 amide bonds. The van der Waals surface area contributed by atoms with E-state index >= 15 is 0 Å². The molecule has 2 rings (SSSR count). The number of aromatic nitrogens is 4. The zero-order valence-electron chi connectivity index (χ0n) is 11.6. The van der Waals surface area contributed by atoms with Crippen molar-refractivity contribution < 1.29 is 4.74 Å². The molecule has 0 fully saturated rings. The highest BCUT2D eigenvalue weighted by Gasteiger charge is 2.11. The molecule has 0 saturated carbocycles. The summed E-state index contributed by atoms with van der Waals surface area (Å²) < 4.78 is 5.45. The highest BCUT2D eigenvalue weighted by molar-refractivity contribution is 6.28. The number of anilines is 1. The molecule has 0 aromatic carbocycles. The van der Waals surface area contributed by atoms with Crippen molar-refractivity contribution >= 4 is 17.5 Å². The molecule has 0 aliphatic heterocycles. The van der Waals surface area contributed by atoms with Crippen LogP contribution in [0.5, 0.6) is 6.01 Å². The van der Waals surface area contributed by atoms with Crippen molar-refractivity contribution in [1.29, 1.82) is 0 Å². The van der Waals surface area contributed by atoms with E-state index in [2.05, 4.69) is 19.9 Å². The van der Waals surface area contributed by atoms with Crippen molar-refractivity contribution in [2.45, 2.75) is 26.5 Å². The normalized spacial score (nSPS) is 10.7. The van der Waals surface area contributed by atoms with Crippen molar-refractivity contribution in [1.82, 2.24) is 19.9 Å². The predicted molar refractivity (Wildman–Crippen MR) is 76.9 cm³/mol. The second-order valence-corrected chi connectivity index (χ2v) is 4.91. The van der Waals surface area contributed by atoms with Gasteiger partial charge < -0.3 is 9.64 Å². The van der Waals surface area contributed by atoms with Crippen molar-refractivity contribution in [2.75, 3.05) is 11.9 Å². The molecule has 20 heavy (non-hydrogen) atoms. The van der Waals surface area contributed by atoms with E-state index in [4.69, 9.17) is 16.3 Å². The lowest BCUT2D eigenvalue weighted by atomic mass is 10.3. The average molecular weight is 294 g/mol. The fourth-order valence-corrected chi connectivity index (χ4v) is 1.74. The van der Waals surface area contributed by atoms with E-state index in [1.807, 2.05) is 37.9 Å². The summed E-state index contributed by atoms with van der Waals surface area (Å²) in [4.78, 5) is 18.2. The van der Waals surface area contributed by atoms with Gasteiger partial charge >= 0.3 is 6.01 Å². The number of ether oxygens (including phenoxy) is 1. The lowest BCUT2D eigenvalue weighted by molar-refractivity contribution is 0.221. The summed E-state index contributed by atoms with van der Waals surface area (Å²) in [6, 6.07) is 4.10. The number of pyridine rings is 1. The van der Waals surface area contributed by atoms with Gasteiger partial charge in [-0.15, -0.1) is 0 Å². The van der Waals surface area contributed by atoms with Gasteiger partial charge in [-0.3, -0.25) is 4.98 Å². The van der Waals surface area contributed by atoms with Crippen LogP contribution in [0.3, 0.4) is 0 Å². The zero-order valence-corrected chi connectivity index (χ0v) is 12.4. The molecular formula is C13H16ClN5O. The third kappa shape index (κ3) is 4.03. The Morgan fingerprint density at radius 3 is 2.75 bits per heavy atom. The van der Waals surface area contributed by atoms with E-state index in [9.17, 15) is 0 Å². The largest absolute Gasteiger partial charge is 0.461 e. The molecule has 0 atom stereocenters. The van der Waals surface area contributed by atoms with Gasteiger partial charge in [0.2, 0.25) is 11.2 Å². The minimum absolute atomic E-state index is 0.0232. The summed E-state index contributed by atoms with van der Waals surface area (Å²) in [6.07, 6.45) is 3.51. The van der Waals surface area contributed by atoms with E-state index in [0.29, 0.717) is 12.5 Å². The number of hydrogen-bond donors (Lipinski definition) is 0. The minimum atomic E-state index is -0.0232. The second-order valence-electron chi connectivity index (χ2n) is 4.57. The zero-order chi connectivity index (χ0) is 14.5. The number of hydrogen-bond acceptors (Lipinski definition) is 6. The van der Waals surface area contributed by atoms with Gasteiger partial charge in [-0.25, -0.2) is 0 Å². The van der Waals surface area contributed by atoms with Crippen LogP contribution in [0.2, 0.25) is 5.28 Å². The first-order chi connectivity index (χ1) is 9.54. The van der Waals surface area contributed by atoms with Gasteiger partial charge in [0.1, 0.15) is 0 Å². The third-order valence-electron chi connectivity index (χ3n) is 2.40. The van der Waals surface area contributed by atoms with Crippen LogP contribution in [0.1, 0.15) is 19.4 Å². The molecule has 6 nitrogen and oxygen atoms in total. The van der Waals surface area contributed by atoms with Crippen molar-refractivity contribution in [3.63, 3.8) is 0 Å². The standard InChI is InChI=1S/C13H16ClN5O/c1-9(2)20-13-17-11(14)16-12(18-13)19(3)8-10-5-4-6-15-7-10/h4-7,9H,8H2,1-3H3. The maximum Gasteiger partial charge on any atom is 0.322 e. The lowest BCUT2D eigenvalue weighted by Crippen LogP contribution is -2.20. The highest BCUT2D eigenvalue weighted by atomic mass is 35.5. The van der Waals surface area contributed by atoms with Crippen LogP contribution in [0.4, 0.5) is 5.95 Å². The Hall–Kier alpha value is -1.95. The molecular weight excluding hydrogens is 278 g/mol. The monoisotopic (exact) mass is 293 g/mol. The fourth-order valence-electron chi connectivity index (χ4n) is 1.59. The number of halogens is 1. The van der Waals surface area contributed by atoms with Gasteiger partial charge in [-0.05, 0) is 37.1 Å². The number of nitrogens with zero attached hydrogens (tertiary/aromatic N) is 5. The van der Waals surface area contributed by atoms with E-state index in [1.54, 1.807) is 12.4 Å². The van der Waals surface area contributed by atoms with Crippen LogP contribution in [-0.2, 0) is 6.54 Å². The summed E-state index contributed by atoms with van der Waals surface area (Å²) in [5.74, 6) is 0.463. The molecule has 7 heteroatoms. The molecule has 0 radical (unpaired) electrons. The summed E-state index contributed by atoms with van der Waals surface area (Å²) in [5.41, 5.74) is 1.05. The summed E-state index contributed by atoms with van der Waals surface area (Å²) in [6.45, 7) is 4.42. The Morgan fingerprint density at radius 1 is 1.30 bits per heavy atom. The Labute approximate surface area is 122 Å². The molecule has 2 heterocycles. The van der Waals surface area contributed by atoms with E-state index < -0.39 is 0 Å². The van der Waals surface area contributed by atoms with Gasteiger partial charge in [-0.2, -0.15) is 15.0 Å². The van der Waals surface area contributed by atoms with Crippen LogP contribution in [0.15, 0.2) is 24.5 Å². The molecule has 0 bridgehead atoms. The van der Waals surface area contributed by atoms with Crippen LogP contribution in [0, 0.1) is 0 Å². The molecule has 0 aliphatic carbocycles. The van der Waals surface area contributed by atoms with Crippen molar-refractivity contribution in [3.8, 4) is 6.01 Å². The molecule has 106 valence electrons. The van der Waals surface area contributed by atoms with E-state index in [-0.39, 0.29) is 17.4 Å². The average Bonchev–Trinajstić information content (AvgIpc) is 2.38. The first-order valence-electron chi connectivity index (χ1n) is 6.23. The maximum atomic E-state index is 5.90. The summed E-state index contributed by atoms with van der Waals surface area (Å²) in [7, 11) is 1.87. The molecule has 0 saturated heterocycles. The van der Waals surface area contributed by atoms with E-state index in [1.165, 1.54) is 0 Å². The minimum Gasteiger partial charge on any atom is -0.461 e. The van der Waals surface area contributed by atoms with Crippen molar-refractivity contribution in [3.05, 3.63) is 35.4 Å². The Kier molecular flexibility index (Phi) is 4.68. The predicted octanol–water partition coefficient (Wildman–Crippen LogP) is 2.34. The molecule has 2 aromatic rings. The van der Waals surface area contributed by atoms with Gasteiger partial charge in [0.15, 0.2) is 0 Å². The molecule has 0 spiro atoms. The highest BCUT2D eigenvalue weighted by Crippen LogP contribution is 2.16. The van der Waals surface area contributed by atoms with Gasteiger partial charge in [0.25, 0.3) is 0 Å². The van der Waals surface area contributed by atoms with Crippen LogP contribution in [0.25, 0.3) is 0 Å². The molecule has 0 N–H and O–H groups in total. The lowest BCUT2D eigenvalue weighted by Gasteiger charge is -2.17. The molecule has 0 aliphatic rings. The first-order valence-corrected chi connectivity index (χ1v) is 6.60. The maximum absolute atomic E-state index is 5.90.